The Bertz CT molecular complexity index is 755. The van der Waals surface area contributed by atoms with Crippen LogP contribution in [0.3, 0.4) is 0 Å². The van der Waals surface area contributed by atoms with Crippen LogP contribution in [0, 0.1) is 23.2 Å². The van der Waals surface area contributed by atoms with Gasteiger partial charge in [-0.3, -0.25) is 4.79 Å². The van der Waals surface area contributed by atoms with Crippen LogP contribution in [0.15, 0.2) is 23.0 Å². The minimum Gasteiger partial charge on any atom is -0.341 e. The van der Waals surface area contributed by atoms with Gasteiger partial charge in [0.25, 0.3) is 5.91 Å². The summed E-state index contributed by atoms with van der Waals surface area (Å²) in [5.41, 5.74) is 0.808. The van der Waals surface area contributed by atoms with E-state index in [2.05, 4.69) is 22.4 Å². The van der Waals surface area contributed by atoms with Gasteiger partial charge in [-0.2, -0.15) is 31.6 Å². The lowest BCUT2D eigenvalue weighted by molar-refractivity contribution is 0.0812. The van der Waals surface area contributed by atoms with E-state index in [4.69, 9.17) is 5.26 Å². The molecule has 1 aliphatic rings. The van der Waals surface area contributed by atoms with Gasteiger partial charge in [-0.05, 0) is 43.0 Å². The highest BCUT2D eigenvalue weighted by atomic mass is 32.1. The zero-order valence-corrected chi connectivity index (χ0v) is 15.4. The summed E-state index contributed by atoms with van der Waals surface area (Å²) >= 11 is 1.51. The molecule has 6 nitrogen and oxygen atoms in total. The molecule has 0 aromatic carbocycles. The molecular formula is C18H23N5OS. The Labute approximate surface area is 151 Å². The smallest absolute Gasteiger partial charge is 0.252 e. The predicted octanol–water partition coefficient (Wildman–Crippen LogP) is 3.33. The van der Waals surface area contributed by atoms with Gasteiger partial charge in [0, 0.05) is 5.38 Å². The lowest BCUT2D eigenvalue weighted by Crippen LogP contribution is -2.50. The van der Waals surface area contributed by atoms with Crippen molar-refractivity contribution in [2.45, 2.75) is 51.6 Å². The molecule has 25 heavy (non-hydrogen) atoms. The average molecular weight is 357 g/mol. The van der Waals surface area contributed by atoms with E-state index in [0.29, 0.717) is 11.5 Å². The summed E-state index contributed by atoms with van der Waals surface area (Å²) in [5.74, 6) is 0.943. The van der Waals surface area contributed by atoms with E-state index in [1.807, 2.05) is 29.8 Å². The van der Waals surface area contributed by atoms with Crippen molar-refractivity contribution in [1.82, 2.24) is 20.3 Å². The standard InChI is InChI=1S/C18H23N5OS/c1-13-3-5-15(6-4-13)18(2,16-11-20-23(22-16)9-8-19)21-17(24)14-7-10-25-12-14/h7,10-13,15H,3-6,9H2,1-2H3,(H,21,24)/t13?,15?,18-/m0/s1. The topological polar surface area (TPSA) is 83.6 Å². The first-order valence-electron chi connectivity index (χ1n) is 8.65. The molecule has 0 bridgehead atoms. The molecule has 2 heterocycles. The molecule has 3 rings (SSSR count). The third-order valence-corrected chi connectivity index (χ3v) is 5.95. The van der Waals surface area contributed by atoms with E-state index in [0.717, 1.165) is 37.3 Å². The molecule has 1 amide bonds. The summed E-state index contributed by atoms with van der Waals surface area (Å²) in [5, 5.41) is 24.5. The molecule has 2 aromatic rings. The number of nitrogens with zero attached hydrogens (tertiary/aromatic N) is 4. The molecule has 0 saturated heterocycles. The van der Waals surface area contributed by atoms with Gasteiger partial charge in [-0.15, -0.1) is 0 Å². The number of nitrogens with one attached hydrogen (secondary N) is 1. The van der Waals surface area contributed by atoms with Gasteiger partial charge in [0.05, 0.1) is 23.4 Å². The molecular weight excluding hydrogens is 334 g/mol. The summed E-state index contributed by atoms with van der Waals surface area (Å²) in [4.78, 5) is 14.1. The molecule has 1 N–H and O–H groups in total. The predicted molar refractivity (Wildman–Crippen MR) is 95.9 cm³/mol. The van der Waals surface area contributed by atoms with E-state index in [1.165, 1.54) is 16.1 Å². The van der Waals surface area contributed by atoms with E-state index < -0.39 is 5.54 Å². The van der Waals surface area contributed by atoms with E-state index in [1.54, 1.807) is 6.20 Å². The van der Waals surface area contributed by atoms with Gasteiger partial charge < -0.3 is 5.32 Å². The Morgan fingerprint density at radius 2 is 2.24 bits per heavy atom. The van der Waals surface area contributed by atoms with Crippen LogP contribution in [0.4, 0.5) is 0 Å². The van der Waals surface area contributed by atoms with Gasteiger partial charge in [0.15, 0.2) is 0 Å². The van der Waals surface area contributed by atoms with Crippen molar-refractivity contribution in [3.05, 3.63) is 34.3 Å². The lowest BCUT2D eigenvalue weighted by atomic mass is 9.71. The molecule has 1 saturated carbocycles. The fraction of sp³-hybridized carbons (Fsp3) is 0.556. The Kier molecular flexibility index (Phi) is 5.19. The van der Waals surface area contributed by atoms with Crippen LogP contribution in [-0.4, -0.2) is 20.9 Å². The third kappa shape index (κ3) is 3.74. The first-order valence-corrected chi connectivity index (χ1v) is 9.59. The number of hydrogen-bond donors (Lipinski definition) is 1. The Hall–Kier alpha value is -2.20. The third-order valence-electron chi connectivity index (χ3n) is 5.27. The number of aromatic nitrogens is 3. The molecule has 0 spiro atoms. The zero-order chi connectivity index (χ0) is 17.9. The number of carbonyl (C=O) groups excluding carboxylic acids is 1. The van der Waals surface area contributed by atoms with Gasteiger partial charge in [0.2, 0.25) is 0 Å². The summed E-state index contributed by atoms with van der Waals surface area (Å²) in [6.07, 6.45) is 6.09. The van der Waals surface area contributed by atoms with Crippen LogP contribution < -0.4 is 5.32 Å². The van der Waals surface area contributed by atoms with Crippen molar-refractivity contribution in [2.24, 2.45) is 11.8 Å². The Morgan fingerprint density at radius 1 is 1.48 bits per heavy atom. The second-order valence-electron chi connectivity index (χ2n) is 7.04. The van der Waals surface area contributed by atoms with Crippen molar-refractivity contribution >= 4 is 17.2 Å². The molecule has 0 aliphatic heterocycles. The largest absolute Gasteiger partial charge is 0.341 e. The molecule has 132 valence electrons. The maximum absolute atomic E-state index is 12.7. The molecule has 7 heteroatoms. The first-order chi connectivity index (χ1) is 12.0. The average Bonchev–Trinajstić information content (AvgIpc) is 3.27. The molecule has 1 atom stereocenters. The van der Waals surface area contributed by atoms with Crippen LogP contribution in [0.1, 0.15) is 55.6 Å². The fourth-order valence-electron chi connectivity index (χ4n) is 3.59. The van der Waals surface area contributed by atoms with Gasteiger partial charge in [-0.1, -0.05) is 19.8 Å². The molecule has 1 fully saturated rings. The van der Waals surface area contributed by atoms with Gasteiger partial charge >= 0.3 is 0 Å². The number of carbonyl (C=O) groups is 1. The number of nitriles is 1. The van der Waals surface area contributed by atoms with Crippen LogP contribution in [0.2, 0.25) is 0 Å². The second-order valence-corrected chi connectivity index (χ2v) is 7.82. The van der Waals surface area contributed by atoms with Gasteiger partial charge in [-0.25, -0.2) is 0 Å². The number of rotatable bonds is 5. The van der Waals surface area contributed by atoms with Crippen LogP contribution in [0.5, 0.6) is 0 Å². The number of amides is 1. The summed E-state index contributed by atoms with van der Waals surface area (Å²) in [6, 6.07) is 3.88. The fourth-order valence-corrected chi connectivity index (χ4v) is 4.23. The highest BCUT2D eigenvalue weighted by molar-refractivity contribution is 7.08. The second kappa shape index (κ2) is 7.36. The normalized spacial score (nSPS) is 22.8. The van der Waals surface area contributed by atoms with Crippen molar-refractivity contribution in [2.75, 3.05) is 0 Å². The van der Waals surface area contributed by atoms with Crippen LogP contribution >= 0.6 is 11.3 Å². The SMILES string of the molecule is CC1CCC([C@](C)(NC(=O)c2ccsc2)c2cnn(CC#N)n2)CC1. The molecule has 1 aliphatic carbocycles. The number of hydrogen-bond acceptors (Lipinski definition) is 5. The minimum absolute atomic E-state index is 0.0859. The highest BCUT2D eigenvalue weighted by Gasteiger charge is 2.41. The zero-order valence-electron chi connectivity index (χ0n) is 14.6. The summed E-state index contributed by atoms with van der Waals surface area (Å²) in [7, 11) is 0. The molecule has 0 unspecified atom stereocenters. The van der Waals surface area contributed by atoms with Crippen LogP contribution in [0.25, 0.3) is 0 Å². The van der Waals surface area contributed by atoms with Crippen molar-refractivity contribution in [3.8, 4) is 6.07 Å². The quantitative estimate of drug-likeness (QED) is 0.889. The van der Waals surface area contributed by atoms with E-state index in [-0.39, 0.29) is 12.5 Å². The van der Waals surface area contributed by atoms with Crippen LogP contribution in [-0.2, 0) is 12.1 Å². The van der Waals surface area contributed by atoms with E-state index in [9.17, 15) is 4.79 Å². The van der Waals surface area contributed by atoms with Gasteiger partial charge in [0.1, 0.15) is 12.2 Å². The Balaban J connectivity index is 1.89. The maximum Gasteiger partial charge on any atom is 0.252 e. The monoisotopic (exact) mass is 357 g/mol. The highest BCUT2D eigenvalue weighted by Crippen LogP contribution is 2.40. The van der Waals surface area contributed by atoms with Crippen molar-refractivity contribution < 1.29 is 4.79 Å². The maximum atomic E-state index is 12.7. The number of thiophene rings is 1. The van der Waals surface area contributed by atoms with E-state index >= 15 is 0 Å². The Morgan fingerprint density at radius 3 is 2.88 bits per heavy atom. The summed E-state index contributed by atoms with van der Waals surface area (Å²) in [6.45, 7) is 4.43. The first kappa shape index (κ1) is 17.6. The summed E-state index contributed by atoms with van der Waals surface area (Å²) < 4.78 is 0. The molecule has 2 aromatic heterocycles. The minimum atomic E-state index is -0.590. The van der Waals surface area contributed by atoms with Crippen molar-refractivity contribution in [1.29, 1.82) is 5.26 Å². The molecule has 0 radical (unpaired) electrons. The lowest BCUT2D eigenvalue weighted by Gasteiger charge is -2.40. The van der Waals surface area contributed by atoms with Crippen molar-refractivity contribution in [3.63, 3.8) is 0 Å².